The molecule has 6 aliphatic rings. The zero-order valence-electron chi connectivity index (χ0n) is 66.6. The van der Waals surface area contributed by atoms with Crippen molar-refractivity contribution in [2.24, 2.45) is 0 Å². The van der Waals surface area contributed by atoms with Crippen molar-refractivity contribution in [1.82, 2.24) is 107 Å². The van der Waals surface area contributed by atoms with Gasteiger partial charge in [-0.1, -0.05) is 66.0 Å². The summed E-state index contributed by atoms with van der Waals surface area (Å²) >= 11 is 32.8. The molecule has 0 amide bonds. The molecule has 6 saturated heterocycles. The van der Waals surface area contributed by atoms with Crippen LogP contribution in [-0.2, 0) is 159 Å². The first-order valence-electron chi connectivity index (χ1n) is 38.5. The highest BCUT2D eigenvalue weighted by molar-refractivity contribution is 8.32. The van der Waals surface area contributed by atoms with Gasteiger partial charge in [-0.2, -0.15) is 15.0 Å². The molecule has 129 heavy (non-hydrogen) atoms. The molecule has 696 valence electrons. The Balaban J connectivity index is 0.591. The molecule has 0 aromatic carbocycles. The summed E-state index contributed by atoms with van der Waals surface area (Å²) in [5.74, 6) is -0.503. The molecule has 67 heteroatoms. The number of anilines is 6. The number of fused-ring (bicyclic) bond motifs is 5. The summed E-state index contributed by atoms with van der Waals surface area (Å²) in [6.45, 7) is -28.7. The van der Waals surface area contributed by atoms with Gasteiger partial charge in [0.2, 0.25) is 11.9 Å². The number of nitrogens with one attached hydrogen (secondary N) is 2. The van der Waals surface area contributed by atoms with Crippen LogP contribution in [0.15, 0.2) is 71.2 Å². The van der Waals surface area contributed by atoms with Gasteiger partial charge in [-0.15, -0.1) is 0 Å². The number of ether oxygens (including phenoxy) is 6. The number of nitrogens with zero attached hydrogens (tertiary/aromatic N) is 20. The van der Waals surface area contributed by atoms with E-state index in [1.807, 2.05) is 6.92 Å². The molecular weight excluding hydrogens is 1950 g/mol. The van der Waals surface area contributed by atoms with Gasteiger partial charge in [0.05, 0.1) is 107 Å². The van der Waals surface area contributed by atoms with E-state index in [4.69, 9.17) is 188 Å². The summed E-state index contributed by atoms with van der Waals surface area (Å²) in [6.07, 6.45) is -11.5. The van der Waals surface area contributed by atoms with E-state index >= 15 is 0 Å². The van der Waals surface area contributed by atoms with Crippen molar-refractivity contribution < 1.29 is 112 Å². The van der Waals surface area contributed by atoms with Gasteiger partial charge >= 0.3 is 5.69 Å². The molecule has 14 N–H and O–H groups in total. The van der Waals surface area contributed by atoms with Gasteiger partial charge < -0.3 is 154 Å². The van der Waals surface area contributed by atoms with Crippen LogP contribution in [0.2, 0.25) is 0 Å². The van der Waals surface area contributed by atoms with Crippen LogP contribution in [0.5, 0.6) is 0 Å². The average Bonchev–Trinajstić information content (AvgIpc) is 1.63. The topological polar surface area (TPSA) is 747 Å². The van der Waals surface area contributed by atoms with E-state index < -0.39 is 201 Å². The van der Waals surface area contributed by atoms with Crippen LogP contribution in [0.1, 0.15) is 94.8 Å². The fourth-order valence-corrected chi connectivity index (χ4v) is 23.6. The number of nitrogen functional groups attached to an aromatic ring is 6. The van der Waals surface area contributed by atoms with Gasteiger partial charge in [-0.3, -0.25) is 51.5 Å². The number of aromatic nitrogens is 22. The van der Waals surface area contributed by atoms with Crippen molar-refractivity contribution in [3.05, 3.63) is 93.6 Å². The van der Waals surface area contributed by atoms with Crippen LogP contribution < -0.4 is 75.7 Å². The van der Waals surface area contributed by atoms with Crippen LogP contribution in [0.25, 0.3) is 55.8 Å². The third kappa shape index (κ3) is 20.5. The Morgan fingerprint density at radius 2 is 0.690 bits per heavy atom. The monoisotopic (exact) mass is 2020 g/mol. The van der Waals surface area contributed by atoms with Crippen LogP contribution in [0, 0.1) is 6.92 Å². The van der Waals surface area contributed by atoms with Crippen molar-refractivity contribution in [3.63, 3.8) is 0 Å². The van der Waals surface area contributed by atoms with Gasteiger partial charge in [0.15, 0.2) is 63.5 Å². The highest BCUT2D eigenvalue weighted by atomic mass is 32.7. The Morgan fingerprint density at radius 1 is 0.403 bits per heavy atom. The van der Waals surface area contributed by atoms with Crippen molar-refractivity contribution >= 4 is 203 Å². The zero-order chi connectivity index (χ0) is 91.3. The molecule has 24 atom stereocenters. The summed E-state index contributed by atoms with van der Waals surface area (Å²) in [5.41, 5.74) is 35.2. The van der Waals surface area contributed by atoms with Gasteiger partial charge in [0, 0.05) is 57.4 Å². The molecule has 55 nitrogen and oxygen atoms in total. The van der Waals surface area contributed by atoms with E-state index in [1.165, 1.54) is 75.1 Å². The fraction of sp³-hybridized carbons (Fsp3) is 0.532. The Hall–Kier alpha value is -7.06. The Bertz CT molecular complexity index is 6610. The predicted molar refractivity (Wildman–Crippen MR) is 456 cm³/mol. The van der Waals surface area contributed by atoms with Crippen molar-refractivity contribution in [1.29, 1.82) is 0 Å². The van der Waals surface area contributed by atoms with Crippen molar-refractivity contribution in [2.45, 2.75) is 169 Å². The number of aryl methyl sites for hydroxylation is 1. The third-order valence-corrected chi connectivity index (χ3v) is 30.9. The third-order valence-electron chi connectivity index (χ3n) is 21.4. The minimum Gasteiger partial charge on any atom is -0.780 e. The number of H-pyrrole nitrogens is 2. The van der Waals surface area contributed by atoms with E-state index in [1.54, 1.807) is 11.5 Å². The van der Waals surface area contributed by atoms with Gasteiger partial charge in [0.1, 0.15) is 143 Å². The standard InChI is InChI=1S/C62H80N28O27P6S6/c1-4-26-27(5-39(106-26)86-20-75-44-50(64)69-17-72-53(44)86)113-119(95,125)101-14-35-30(8-41(109-35)88-22-77-46-52(66)71-19-74-55(46)88)115-122(98,128)103-13-34-29(6-38(107-34)85-11-25(2)49(63)80-62(85)93)114-120(96,126)104-15-36-32(10-43(110-36)90-24-79-48-57(90)82-61(68)84-59(48)92)117-123(99,129)105-16-37-31(9-42(111-37)89-23-78-47-56(89)81-60(67)83-58(47)91)116-121(97,127)102-12-33-28(112-118(94,124)100-3)7-40(108-33)87-21-76-45-51(65)70-18-73-54(45)87/h11,17-24,26-43H,4-10,12-16H2,1-3H3,(H,94,124)(H,95,125)(H,96,126)(H,97,127)(H,98,128)(H,99,129)(H2,63,80,93)(H2,64,69,72)(H2,65,70,73)(H2,66,71,74)(H3,67,81,83,91)(H3,68,82,84,92)/p-6/t26-,27-,28-,29-,30-,31-,32-,33-,34-,35-,36-,37-,38-,39-,40-,41-,42-,43-,118?,119?,120?,121?,122?,123?/m1/s1. The first-order chi connectivity index (χ1) is 61.2. The second kappa shape index (κ2) is 37.3. The number of rotatable bonds is 35. The summed E-state index contributed by atoms with van der Waals surface area (Å²) < 4.78 is 132. The van der Waals surface area contributed by atoms with E-state index in [2.05, 4.69) is 79.7 Å². The number of hydrogen-bond donors (Lipinski definition) is 8. The highest BCUT2D eigenvalue weighted by Crippen LogP contribution is 2.56. The molecule has 17 rings (SSSR count). The number of imidazole rings is 5. The molecule has 0 radical (unpaired) electrons. The molecule has 0 spiro atoms. The van der Waals surface area contributed by atoms with E-state index in [-0.39, 0.29) is 118 Å². The van der Waals surface area contributed by atoms with Crippen molar-refractivity contribution in [2.75, 3.05) is 74.5 Å². The SMILES string of the molecule is CC[C@H]1O[C@@H](n2cnc3c(N)ncnc32)C[C@H]1OP([O-])(=S)OC[C@H]1O[C@@H](n2cnc3c(N)ncnc32)C[C@H]1OP(=O)([S-])OC[C@H]1O[C@@H](n2cc(C)c(N)nc2=O)C[C@H]1OP([O-])(=S)OC[C@H]1O[C@@H](n2cnc3c(=O)[nH]c(N)nc32)C[C@H]1OP([O-])(=S)OC[C@H]1O[C@@H](n2cnc3c(=O)[nH]c(N)nc32)C[C@H]1OP([O-])(=S)OC[C@H]1O[C@@H](n2cnc3c(N)ncnc32)C[C@H]1OP([O-])(=S)OC. The number of aromatic amines is 2. The number of nitrogens with two attached hydrogens (primary N) is 6. The second-order valence-corrected chi connectivity index (χ2v) is 45.9. The minimum absolute atomic E-state index is 0.0348. The van der Waals surface area contributed by atoms with E-state index in [0.717, 1.165) is 11.7 Å². The first-order valence-corrected chi connectivity index (χ1v) is 53.8. The molecule has 11 aromatic heterocycles. The summed E-state index contributed by atoms with van der Waals surface area (Å²) in [5, 5.41) is 0. The molecule has 0 saturated carbocycles. The molecule has 6 aliphatic heterocycles. The van der Waals surface area contributed by atoms with Crippen LogP contribution in [0.3, 0.4) is 0 Å². The molecule has 6 fully saturated rings. The zero-order valence-corrected chi connectivity index (χ0v) is 76.9. The molecule has 6 unspecified atom stereocenters. The van der Waals surface area contributed by atoms with Gasteiger partial charge in [-0.25, -0.2) is 59.6 Å². The second-order valence-electron chi connectivity index (χ2n) is 29.6. The number of hydrogen-bond acceptors (Lipinski definition) is 53. The van der Waals surface area contributed by atoms with E-state index in [0.29, 0.717) is 23.1 Å². The maximum atomic E-state index is 15.0. The fourth-order valence-electron chi connectivity index (χ4n) is 15.4. The predicted octanol–water partition coefficient (Wildman–Crippen LogP) is -1.41. The molecular formula is C62H74N28O27P6S6-6. The largest absolute Gasteiger partial charge is 0.780 e. The summed E-state index contributed by atoms with van der Waals surface area (Å²) in [4.78, 5) is 175. The maximum Gasteiger partial charge on any atom is 0.351 e. The van der Waals surface area contributed by atoms with Crippen LogP contribution >= 0.6 is 40.4 Å². The summed E-state index contributed by atoms with van der Waals surface area (Å²) in [6, 6.07) is 0. The Labute approximate surface area is 754 Å². The summed E-state index contributed by atoms with van der Waals surface area (Å²) in [7, 11) is 1.08. The van der Waals surface area contributed by atoms with Crippen LogP contribution in [-0.4, -0.2) is 221 Å². The lowest BCUT2D eigenvalue weighted by Gasteiger charge is -2.36. The molecule has 0 aliphatic carbocycles. The maximum absolute atomic E-state index is 15.0. The first kappa shape index (κ1) is 93.7. The lowest BCUT2D eigenvalue weighted by atomic mass is 10.1. The molecule has 11 aromatic rings. The molecule has 0 bridgehead atoms. The normalized spacial score (nSPS) is 29.1. The van der Waals surface area contributed by atoms with Crippen molar-refractivity contribution in [3.8, 4) is 0 Å². The van der Waals surface area contributed by atoms with Gasteiger partial charge in [-0.05, 0) is 13.3 Å². The lowest BCUT2D eigenvalue weighted by molar-refractivity contribution is -0.221. The molecule has 17 heterocycles. The smallest absolute Gasteiger partial charge is 0.351 e. The van der Waals surface area contributed by atoms with E-state index in [9.17, 15) is 43.4 Å². The average molecular weight is 2020 g/mol. The Kier molecular flexibility index (Phi) is 27.1. The lowest BCUT2D eigenvalue weighted by Crippen LogP contribution is -2.34. The highest BCUT2D eigenvalue weighted by Gasteiger charge is 2.48. The van der Waals surface area contributed by atoms with Crippen LogP contribution in [0.4, 0.5) is 35.2 Å². The quantitative estimate of drug-likeness (QED) is 0.0167. The Morgan fingerprint density at radius 3 is 1.02 bits per heavy atom. The van der Waals surface area contributed by atoms with Gasteiger partial charge in [0.25, 0.3) is 11.1 Å². The minimum atomic E-state index is -4.97.